The fourth-order valence-electron chi connectivity index (χ4n) is 2.37. The van der Waals surface area contributed by atoms with Crippen LogP contribution in [0, 0.1) is 6.92 Å². The average Bonchev–Trinajstić information content (AvgIpc) is 2.50. The third-order valence-corrected chi connectivity index (χ3v) is 3.48. The van der Waals surface area contributed by atoms with Gasteiger partial charge in [0.15, 0.2) is 0 Å². The van der Waals surface area contributed by atoms with Gasteiger partial charge in [-0.1, -0.05) is 29.8 Å². The average molecular weight is 285 g/mol. The molecule has 0 bridgehead atoms. The van der Waals surface area contributed by atoms with Gasteiger partial charge in [0.1, 0.15) is 11.5 Å². The van der Waals surface area contributed by atoms with Crippen LogP contribution in [0.3, 0.4) is 0 Å². The third kappa shape index (κ3) is 3.99. The number of methoxy groups -OCH3 is 1. The van der Waals surface area contributed by atoms with Crippen molar-refractivity contribution in [1.29, 1.82) is 0 Å². The zero-order chi connectivity index (χ0) is 15.2. The Morgan fingerprint density at radius 3 is 2.43 bits per heavy atom. The number of hydrogen-bond donors (Lipinski definition) is 1. The molecule has 112 valence electrons. The highest BCUT2D eigenvalue weighted by Gasteiger charge is 2.13. The number of hydrogen-bond acceptors (Lipinski definition) is 3. The van der Waals surface area contributed by atoms with Crippen LogP contribution < -0.4 is 15.2 Å². The van der Waals surface area contributed by atoms with Crippen LogP contribution in [0.25, 0.3) is 0 Å². The van der Waals surface area contributed by atoms with Crippen molar-refractivity contribution in [3.8, 4) is 11.5 Å². The molecule has 1 atom stereocenters. The van der Waals surface area contributed by atoms with Crippen LogP contribution in [0.5, 0.6) is 11.5 Å². The molecule has 3 nitrogen and oxygen atoms in total. The Kier molecular flexibility index (Phi) is 5.23. The highest BCUT2D eigenvalue weighted by molar-refractivity contribution is 5.40. The number of ether oxygens (including phenoxy) is 2. The van der Waals surface area contributed by atoms with Crippen molar-refractivity contribution in [3.05, 3.63) is 59.2 Å². The first-order valence-electron chi connectivity index (χ1n) is 7.26. The molecule has 0 aromatic heterocycles. The van der Waals surface area contributed by atoms with Crippen molar-refractivity contribution < 1.29 is 9.47 Å². The first-order valence-corrected chi connectivity index (χ1v) is 7.26. The van der Waals surface area contributed by atoms with Crippen LogP contribution in [0.4, 0.5) is 0 Å². The predicted molar refractivity (Wildman–Crippen MR) is 86.0 cm³/mol. The normalized spacial score (nSPS) is 12.0. The van der Waals surface area contributed by atoms with Crippen LogP contribution in [0.2, 0.25) is 0 Å². The minimum absolute atomic E-state index is 0.0835. The number of benzene rings is 2. The summed E-state index contributed by atoms with van der Waals surface area (Å²) >= 11 is 0. The van der Waals surface area contributed by atoms with Gasteiger partial charge in [0.05, 0.1) is 13.7 Å². The lowest BCUT2D eigenvalue weighted by molar-refractivity contribution is 0.334. The van der Waals surface area contributed by atoms with Crippen LogP contribution in [0.15, 0.2) is 42.5 Å². The van der Waals surface area contributed by atoms with Gasteiger partial charge in [-0.05, 0) is 44.0 Å². The van der Waals surface area contributed by atoms with Gasteiger partial charge in [-0.15, -0.1) is 0 Å². The van der Waals surface area contributed by atoms with E-state index >= 15 is 0 Å². The van der Waals surface area contributed by atoms with Crippen LogP contribution in [-0.4, -0.2) is 13.7 Å². The van der Waals surface area contributed by atoms with Gasteiger partial charge in [-0.2, -0.15) is 0 Å². The molecule has 0 aliphatic rings. The second-order valence-corrected chi connectivity index (χ2v) is 5.13. The lowest BCUT2D eigenvalue weighted by Crippen LogP contribution is -2.15. The van der Waals surface area contributed by atoms with Crippen molar-refractivity contribution in [1.82, 2.24) is 0 Å². The molecule has 0 saturated heterocycles. The molecule has 1 unspecified atom stereocenters. The first kappa shape index (κ1) is 15.4. The summed E-state index contributed by atoms with van der Waals surface area (Å²) in [6, 6.07) is 14.1. The summed E-state index contributed by atoms with van der Waals surface area (Å²) in [5.41, 5.74) is 9.83. The highest BCUT2D eigenvalue weighted by atomic mass is 16.5. The third-order valence-electron chi connectivity index (χ3n) is 3.48. The van der Waals surface area contributed by atoms with E-state index in [0.717, 1.165) is 23.5 Å². The molecule has 21 heavy (non-hydrogen) atoms. The maximum atomic E-state index is 6.39. The molecule has 2 N–H and O–H groups in total. The first-order chi connectivity index (χ1) is 10.1. The Morgan fingerprint density at radius 2 is 1.81 bits per heavy atom. The monoisotopic (exact) mass is 285 g/mol. The van der Waals surface area contributed by atoms with Crippen LogP contribution in [0.1, 0.15) is 29.7 Å². The van der Waals surface area contributed by atoms with E-state index < -0.39 is 0 Å². The van der Waals surface area contributed by atoms with Gasteiger partial charge in [-0.3, -0.25) is 0 Å². The summed E-state index contributed by atoms with van der Waals surface area (Å²) in [5, 5.41) is 0. The van der Waals surface area contributed by atoms with Gasteiger partial charge < -0.3 is 15.2 Å². The molecule has 0 amide bonds. The van der Waals surface area contributed by atoms with Crippen molar-refractivity contribution in [2.75, 3.05) is 13.7 Å². The van der Waals surface area contributed by atoms with Crippen LogP contribution >= 0.6 is 0 Å². The molecule has 0 heterocycles. The van der Waals surface area contributed by atoms with Gasteiger partial charge in [0.2, 0.25) is 0 Å². The van der Waals surface area contributed by atoms with Gasteiger partial charge in [0, 0.05) is 11.6 Å². The Hall–Kier alpha value is -2.00. The molecule has 0 aliphatic heterocycles. The van der Waals surface area contributed by atoms with E-state index in [1.807, 2.05) is 25.1 Å². The van der Waals surface area contributed by atoms with E-state index in [-0.39, 0.29) is 6.04 Å². The molecular weight excluding hydrogens is 262 g/mol. The maximum Gasteiger partial charge on any atom is 0.124 e. The van der Waals surface area contributed by atoms with Crippen LogP contribution in [-0.2, 0) is 6.42 Å². The molecule has 0 spiro atoms. The fourth-order valence-corrected chi connectivity index (χ4v) is 2.37. The zero-order valence-corrected chi connectivity index (χ0v) is 12.9. The van der Waals surface area contributed by atoms with E-state index in [0.29, 0.717) is 6.61 Å². The van der Waals surface area contributed by atoms with Crippen molar-refractivity contribution in [2.45, 2.75) is 26.3 Å². The quantitative estimate of drug-likeness (QED) is 0.881. The van der Waals surface area contributed by atoms with Crippen molar-refractivity contribution in [2.24, 2.45) is 5.73 Å². The second-order valence-electron chi connectivity index (χ2n) is 5.13. The van der Waals surface area contributed by atoms with Gasteiger partial charge >= 0.3 is 0 Å². The summed E-state index contributed by atoms with van der Waals surface area (Å²) in [4.78, 5) is 0. The second kappa shape index (κ2) is 7.14. The zero-order valence-electron chi connectivity index (χ0n) is 12.9. The maximum absolute atomic E-state index is 6.39. The summed E-state index contributed by atoms with van der Waals surface area (Å²) in [6.45, 7) is 4.70. The summed E-state index contributed by atoms with van der Waals surface area (Å²) in [6.07, 6.45) is 0.771. The van der Waals surface area contributed by atoms with E-state index in [9.17, 15) is 0 Å². The minimum Gasteiger partial charge on any atom is -0.497 e. The number of aryl methyl sites for hydroxylation is 1. The minimum atomic E-state index is -0.0835. The molecule has 3 heteroatoms. The molecule has 0 radical (unpaired) electrons. The van der Waals surface area contributed by atoms with E-state index in [2.05, 4.69) is 31.2 Å². The molecule has 0 fully saturated rings. The summed E-state index contributed by atoms with van der Waals surface area (Å²) in [7, 11) is 1.67. The number of nitrogens with two attached hydrogens (primary N) is 1. The molecule has 2 aromatic carbocycles. The Morgan fingerprint density at radius 1 is 1.10 bits per heavy atom. The molecule has 2 aromatic rings. The molecule has 0 saturated carbocycles. The van der Waals surface area contributed by atoms with Crippen molar-refractivity contribution >= 4 is 0 Å². The van der Waals surface area contributed by atoms with Gasteiger partial charge in [0.25, 0.3) is 0 Å². The lowest BCUT2D eigenvalue weighted by atomic mass is 9.97. The Balaban J connectivity index is 2.18. The Labute approximate surface area is 126 Å². The van der Waals surface area contributed by atoms with E-state index in [1.54, 1.807) is 7.11 Å². The van der Waals surface area contributed by atoms with Crippen molar-refractivity contribution in [3.63, 3.8) is 0 Å². The predicted octanol–water partition coefficient (Wildman–Crippen LogP) is 3.64. The van der Waals surface area contributed by atoms with E-state index in [4.69, 9.17) is 15.2 Å². The SMILES string of the molecule is CCOc1ccc(C)cc1C(N)Cc1ccc(OC)cc1. The topological polar surface area (TPSA) is 44.5 Å². The standard InChI is InChI=1S/C18H23NO2/c1-4-21-18-10-5-13(2)11-16(18)17(19)12-14-6-8-15(20-3)9-7-14/h5-11,17H,4,12,19H2,1-3H3. The molecular formula is C18H23NO2. The highest BCUT2D eigenvalue weighted by Crippen LogP contribution is 2.28. The summed E-state index contributed by atoms with van der Waals surface area (Å²) < 4.78 is 10.9. The van der Waals surface area contributed by atoms with E-state index in [1.165, 1.54) is 11.1 Å². The largest absolute Gasteiger partial charge is 0.497 e. The summed E-state index contributed by atoms with van der Waals surface area (Å²) in [5.74, 6) is 1.74. The molecule has 0 aliphatic carbocycles. The fraction of sp³-hybridized carbons (Fsp3) is 0.333. The Bertz CT molecular complexity index is 578. The lowest BCUT2D eigenvalue weighted by Gasteiger charge is -2.17. The number of rotatable bonds is 6. The van der Waals surface area contributed by atoms with Gasteiger partial charge in [-0.25, -0.2) is 0 Å². The smallest absolute Gasteiger partial charge is 0.124 e. The molecule has 2 rings (SSSR count).